The van der Waals surface area contributed by atoms with Crippen LogP contribution in [0.5, 0.6) is 0 Å². The molecule has 0 aliphatic rings. The molecule has 0 aliphatic carbocycles. The highest BCUT2D eigenvalue weighted by Gasteiger charge is 2.15. The van der Waals surface area contributed by atoms with Crippen LogP contribution >= 0.6 is 22.0 Å². The Morgan fingerprint density at radius 2 is 2.27 bits per heavy atom. The van der Waals surface area contributed by atoms with E-state index in [1.165, 1.54) is 6.07 Å². The fourth-order valence-electron chi connectivity index (χ4n) is 0.653. The average molecular weight is 213 g/mol. The van der Waals surface area contributed by atoms with Crippen molar-refractivity contribution in [3.8, 4) is 0 Å². The first-order valence-electron chi connectivity index (χ1n) is 2.67. The van der Waals surface area contributed by atoms with Crippen LogP contribution in [-0.2, 0) is 15.7 Å². The Morgan fingerprint density at radius 1 is 1.64 bits per heavy atom. The van der Waals surface area contributed by atoms with Gasteiger partial charge >= 0.3 is 0 Å². The molecule has 0 fully saturated rings. The highest BCUT2D eigenvalue weighted by molar-refractivity contribution is 8.15. The Balaban J connectivity index is 3.24. The third-order valence-corrected chi connectivity index (χ3v) is 4.24. The van der Waals surface area contributed by atoms with Crippen LogP contribution in [0.25, 0.3) is 0 Å². The van der Waals surface area contributed by atoms with Gasteiger partial charge in [0, 0.05) is 16.2 Å². The summed E-state index contributed by atoms with van der Waals surface area (Å²) in [5.74, 6) is 0. The van der Waals surface area contributed by atoms with Crippen LogP contribution in [0.1, 0.15) is 5.56 Å². The Kier molecular flexibility index (Phi) is 2.54. The molecule has 6 heteroatoms. The van der Waals surface area contributed by atoms with Gasteiger partial charge in [0.25, 0.3) is 9.05 Å². The highest BCUT2D eigenvalue weighted by atomic mass is 35.7. The maximum Gasteiger partial charge on any atom is 0.271 e. The van der Waals surface area contributed by atoms with Crippen molar-refractivity contribution < 1.29 is 13.5 Å². The monoisotopic (exact) mass is 212 g/mol. The van der Waals surface area contributed by atoms with Gasteiger partial charge in [-0.15, -0.1) is 11.3 Å². The van der Waals surface area contributed by atoms with Crippen molar-refractivity contribution in [2.45, 2.75) is 10.8 Å². The average Bonchev–Trinajstić information content (AvgIpc) is 2.31. The van der Waals surface area contributed by atoms with Crippen LogP contribution in [0.4, 0.5) is 0 Å². The van der Waals surface area contributed by atoms with E-state index in [0.717, 1.165) is 11.3 Å². The van der Waals surface area contributed by atoms with Crippen LogP contribution < -0.4 is 0 Å². The summed E-state index contributed by atoms with van der Waals surface area (Å²) in [7, 11) is 1.38. The van der Waals surface area contributed by atoms with E-state index in [9.17, 15) is 8.42 Å². The van der Waals surface area contributed by atoms with Crippen molar-refractivity contribution in [3.63, 3.8) is 0 Å². The van der Waals surface area contributed by atoms with E-state index < -0.39 is 9.05 Å². The van der Waals surface area contributed by atoms with Gasteiger partial charge in [0.05, 0.1) is 6.61 Å². The highest BCUT2D eigenvalue weighted by Crippen LogP contribution is 2.25. The molecule has 0 aromatic carbocycles. The van der Waals surface area contributed by atoms with Crippen LogP contribution in [0.2, 0.25) is 0 Å². The van der Waals surface area contributed by atoms with Gasteiger partial charge in [-0.25, -0.2) is 8.42 Å². The van der Waals surface area contributed by atoms with Gasteiger partial charge in [0.2, 0.25) is 0 Å². The number of aliphatic hydroxyl groups excluding tert-OH is 1. The van der Waals surface area contributed by atoms with Gasteiger partial charge in [0.15, 0.2) is 0 Å². The van der Waals surface area contributed by atoms with Crippen molar-refractivity contribution >= 4 is 31.1 Å². The van der Waals surface area contributed by atoms with Crippen molar-refractivity contribution in [3.05, 3.63) is 17.0 Å². The van der Waals surface area contributed by atoms with Crippen molar-refractivity contribution in [1.29, 1.82) is 0 Å². The molecule has 0 bridgehead atoms. The largest absolute Gasteiger partial charge is 0.392 e. The quantitative estimate of drug-likeness (QED) is 0.749. The molecule has 3 nitrogen and oxygen atoms in total. The number of thiophene rings is 1. The molecule has 0 radical (unpaired) electrons. The summed E-state index contributed by atoms with van der Waals surface area (Å²) < 4.78 is 21.5. The molecule has 1 aromatic rings. The lowest BCUT2D eigenvalue weighted by atomic mass is 10.4. The molecule has 0 aliphatic heterocycles. The minimum absolute atomic E-state index is 0.0293. The van der Waals surface area contributed by atoms with Crippen LogP contribution in [0, 0.1) is 0 Å². The fraction of sp³-hybridized carbons (Fsp3) is 0.200. The number of hydrogen-bond acceptors (Lipinski definition) is 4. The molecule has 11 heavy (non-hydrogen) atoms. The third-order valence-electron chi connectivity index (χ3n) is 1.10. The van der Waals surface area contributed by atoms with Gasteiger partial charge in [-0.05, 0) is 11.4 Å². The summed E-state index contributed by atoms with van der Waals surface area (Å²) in [6.45, 7) is -0.301. The van der Waals surface area contributed by atoms with E-state index in [2.05, 4.69) is 0 Å². The molecular formula is C5H5ClO3S2. The molecule has 0 saturated heterocycles. The lowest BCUT2D eigenvalue weighted by Crippen LogP contribution is -1.91. The number of halogens is 1. The summed E-state index contributed by atoms with van der Waals surface area (Å²) in [5, 5.41) is 10.2. The molecule has 0 amide bonds. The van der Waals surface area contributed by atoms with Crippen molar-refractivity contribution in [2.24, 2.45) is 0 Å². The summed E-state index contributed by atoms with van der Waals surface area (Å²) in [6.07, 6.45) is 0. The van der Waals surface area contributed by atoms with E-state index in [4.69, 9.17) is 15.8 Å². The lowest BCUT2D eigenvalue weighted by Gasteiger charge is -1.93. The van der Waals surface area contributed by atoms with E-state index >= 15 is 0 Å². The Bertz CT molecular complexity index is 340. The molecule has 1 heterocycles. The van der Waals surface area contributed by atoms with Gasteiger partial charge < -0.3 is 5.11 Å². The number of aliphatic hydroxyl groups is 1. The molecule has 62 valence electrons. The second-order valence-electron chi connectivity index (χ2n) is 1.83. The first kappa shape index (κ1) is 8.99. The van der Waals surface area contributed by atoms with Gasteiger partial charge in [-0.1, -0.05) is 0 Å². The van der Waals surface area contributed by atoms with Crippen LogP contribution in [0.15, 0.2) is 15.7 Å². The summed E-state index contributed by atoms with van der Waals surface area (Å²) in [4.78, 5) is 0. The zero-order valence-electron chi connectivity index (χ0n) is 5.32. The molecule has 1 rings (SSSR count). The molecule has 1 aromatic heterocycles. The molecular weight excluding hydrogens is 208 g/mol. The zero-order chi connectivity index (χ0) is 8.48. The summed E-state index contributed by atoms with van der Waals surface area (Å²) >= 11 is 1.00. The van der Waals surface area contributed by atoms with E-state index in [0.29, 0.717) is 5.56 Å². The third kappa shape index (κ3) is 1.93. The molecule has 1 N–H and O–H groups in total. The second kappa shape index (κ2) is 3.10. The topological polar surface area (TPSA) is 54.4 Å². The van der Waals surface area contributed by atoms with Crippen LogP contribution in [-0.4, -0.2) is 13.5 Å². The SMILES string of the molecule is O=S(=O)(Cl)c1sccc1CO. The number of rotatable bonds is 2. The molecule has 0 atom stereocenters. The summed E-state index contributed by atoms with van der Waals surface area (Å²) in [5.41, 5.74) is 0.352. The van der Waals surface area contributed by atoms with Gasteiger partial charge in [-0.3, -0.25) is 0 Å². The first-order valence-corrected chi connectivity index (χ1v) is 5.86. The number of hydrogen-bond donors (Lipinski definition) is 1. The standard InChI is InChI=1S/C5H5ClO3S2/c6-11(8,9)5-4(3-7)1-2-10-5/h1-2,7H,3H2. The summed E-state index contributed by atoms with van der Waals surface area (Å²) in [6, 6.07) is 1.53. The van der Waals surface area contributed by atoms with Crippen LogP contribution in [0.3, 0.4) is 0 Å². The smallest absolute Gasteiger partial charge is 0.271 e. The Morgan fingerprint density at radius 3 is 2.64 bits per heavy atom. The molecule has 0 unspecified atom stereocenters. The fourth-order valence-corrected chi connectivity index (χ4v) is 2.99. The predicted molar refractivity (Wildman–Crippen MR) is 43.3 cm³/mol. The molecule has 0 spiro atoms. The van der Waals surface area contributed by atoms with Gasteiger partial charge in [0.1, 0.15) is 4.21 Å². The Labute approximate surface area is 72.7 Å². The zero-order valence-corrected chi connectivity index (χ0v) is 7.71. The predicted octanol–water partition coefficient (Wildman–Crippen LogP) is 1.17. The second-order valence-corrected chi connectivity index (χ2v) is 5.51. The van der Waals surface area contributed by atoms with Crippen molar-refractivity contribution in [1.82, 2.24) is 0 Å². The van der Waals surface area contributed by atoms with Gasteiger partial charge in [-0.2, -0.15) is 0 Å². The lowest BCUT2D eigenvalue weighted by molar-refractivity contribution is 0.279. The maximum atomic E-state index is 10.7. The normalized spacial score (nSPS) is 11.8. The maximum absolute atomic E-state index is 10.7. The van der Waals surface area contributed by atoms with E-state index in [1.807, 2.05) is 0 Å². The minimum atomic E-state index is -3.67. The van der Waals surface area contributed by atoms with E-state index in [-0.39, 0.29) is 10.8 Å². The minimum Gasteiger partial charge on any atom is -0.392 e. The first-order chi connectivity index (χ1) is 5.05. The van der Waals surface area contributed by atoms with Crippen molar-refractivity contribution in [2.75, 3.05) is 0 Å². The Hall–Kier alpha value is -0.100. The molecule has 0 saturated carbocycles. The van der Waals surface area contributed by atoms with E-state index in [1.54, 1.807) is 5.38 Å².